The molecule has 0 saturated heterocycles. The van der Waals surface area contributed by atoms with Crippen LogP contribution in [0.25, 0.3) is 0 Å². The Morgan fingerprint density at radius 1 is 0.857 bits per heavy atom. The summed E-state index contributed by atoms with van der Waals surface area (Å²) in [5.74, 6) is -2.22. The highest BCUT2D eigenvalue weighted by Gasteiger charge is 2.25. The number of aryl methyl sites for hydroxylation is 1. The molecule has 21 heavy (non-hydrogen) atoms. The van der Waals surface area contributed by atoms with Crippen LogP contribution >= 0.6 is 0 Å². The van der Waals surface area contributed by atoms with Crippen molar-refractivity contribution >= 4 is 11.8 Å². The van der Waals surface area contributed by atoms with Crippen LogP contribution in [0.5, 0.6) is 0 Å². The number of benzene rings is 2. The number of hydrogen-bond acceptors (Lipinski definition) is 2. The lowest BCUT2D eigenvalue weighted by atomic mass is 9.92. The normalized spacial score (nSPS) is 11.8. The van der Waals surface area contributed by atoms with E-state index in [9.17, 15) is 14.7 Å². The molecule has 0 heterocycles. The smallest absolute Gasteiger partial charge is 0.314 e. The van der Waals surface area contributed by atoms with E-state index in [4.69, 9.17) is 0 Å². The highest BCUT2D eigenvalue weighted by atomic mass is 16.4. The standard InChI is InChI=1S/C18H18O3/c19-17(12-11-14-7-3-1-4-8-14)16(18(20)21)13-15-9-5-2-6-10-15/h1-10,16H,11-13H2,(H,20,21). The Kier molecular flexibility index (Phi) is 5.27. The molecular weight excluding hydrogens is 264 g/mol. The van der Waals surface area contributed by atoms with Crippen molar-refractivity contribution in [3.05, 3.63) is 71.8 Å². The molecule has 2 aromatic carbocycles. The number of rotatable bonds is 7. The number of Topliss-reactive ketones (excluding diaryl/α,β-unsaturated/α-hetero) is 1. The van der Waals surface area contributed by atoms with Gasteiger partial charge >= 0.3 is 5.97 Å². The van der Waals surface area contributed by atoms with Gasteiger partial charge < -0.3 is 5.11 Å². The van der Waals surface area contributed by atoms with Gasteiger partial charge in [-0.1, -0.05) is 60.7 Å². The van der Waals surface area contributed by atoms with Gasteiger partial charge in [-0.25, -0.2) is 0 Å². The van der Waals surface area contributed by atoms with Gasteiger partial charge in [0, 0.05) is 6.42 Å². The highest BCUT2D eigenvalue weighted by Crippen LogP contribution is 2.14. The molecule has 0 aromatic heterocycles. The number of ketones is 1. The fourth-order valence-electron chi connectivity index (χ4n) is 2.28. The Balaban J connectivity index is 1.98. The van der Waals surface area contributed by atoms with E-state index in [-0.39, 0.29) is 18.6 Å². The summed E-state index contributed by atoms with van der Waals surface area (Å²) in [6, 6.07) is 18.9. The average molecular weight is 282 g/mol. The van der Waals surface area contributed by atoms with E-state index in [2.05, 4.69) is 0 Å². The van der Waals surface area contributed by atoms with E-state index in [0.717, 1.165) is 11.1 Å². The van der Waals surface area contributed by atoms with Crippen LogP contribution in [-0.2, 0) is 22.4 Å². The van der Waals surface area contributed by atoms with Gasteiger partial charge in [-0.3, -0.25) is 9.59 Å². The summed E-state index contributed by atoms with van der Waals surface area (Å²) in [4.78, 5) is 23.5. The van der Waals surface area contributed by atoms with Crippen LogP contribution < -0.4 is 0 Å². The van der Waals surface area contributed by atoms with Crippen LogP contribution in [0.15, 0.2) is 60.7 Å². The zero-order chi connectivity index (χ0) is 15.1. The second-order valence-electron chi connectivity index (χ2n) is 5.03. The van der Waals surface area contributed by atoms with Gasteiger partial charge in [0.05, 0.1) is 0 Å². The van der Waals surface area contributed by atoms with Gasteiger partial charge in [-0.05, 0) is 24.0 Å². The van der Waals surface area contributed by atoms with Gasteiger partial charge in [0.1, 0.15) is 11.7 Å². The molecule has 0 aliphatic carbocycles. The van der Waals surface area contributed by atoms with Crippen molar-refractivity contribution in [2.75, 3.05) is 0 Å². The van der Waals surface area contributed by atoms with Crippen molar-refractivity contribution in [2.45, 2.75) is 19.3 Å². The third-order valence-electron chi connectivity index (χ3n) is 3.47. The van der Waals surface area contributed by atoms with Crippen LogP contribution in [0.4, 0.5) is 0 Å². The minimum Gasteiger partial charge on any atom is -0.481 e. The first-order chi connectivity index (χ1) is 10.2. The molecule has 0 spiro atoms. The first kappa shape index (κ1) is 15.0. The molecule has 0 saturated carbocycles. The Labute approximate surface area is 124 Å². The summed E-state index contributed by atoms with van der Waals surface area (Å²) in [5, 5.41) is 9.28. The molecule has 2 aromatic rings. The van der Waals surface area contributed by atoms with Crippen LogP contribution in [0, 0.1) is 5.92 Å². The van der Waals surface area contributed by atoms with E-state index in [1.165, 1.54) is 0 Å². The molecule has 1 unspecified atom stereocenters. The third-order valence-corrected chi connectivity index (χ3v) is 3.47. The minimum absolute atomic E-state index is 0.213. The molecule has 1 N–H and O–H groups in total. The number of aliphatic carboxylic acids is 1. The van der Waals surface area contributed by atoms with Crippen molar-refractivity contribution in [2.24, 2.45) is 5.92 Å². The van der Waals surface area contributed by atoms with Gasteiger partial charge in [0.25, 0.3) is 0 Å². The van der Waals surface area contributed by atoms with Crippen LogP contribution in [0.2, 0.25) is 0 Å². The molecule has 1 atom stereocenters. The Morgan fingerprint density at radius 2 is 1.38 bits per heavy atom. The van der Waals surface area contributed by atoms with Gasteiger partial charge in [-0.15, -0.1) is 0 Å². The zero-order valence-corrected chi connectivity index (χ0v) is 11.7. The summed E-state index contributed by atoms with van der Waals surface area (Å²) in [6.07, 6.45) is 1.09. The lowest BCUT2D eigenvalue weighted by molar-refractivity contribution is -0.146. The van der Waals surface area contributed by atoms with E-state index in [1.807, 2.05) is 60.7 Å². The number of carboxylic acids is 1. The van der Waals surface area contributed by atoms with Crippen LogP contribution in [0.1, 0.15) is 17.5 Å². The molecule has 0 aliphatic heterocycles. The van der Waals surface area contributed by atoms with Gasteiger partial charge in [-0.2, -0.15) is 0 Å². The molecule has 0 fully saturated rings. The molecule has 0 bridgehead atoms. The van der Waals surface area contributed by atoms with E-state index in [1.54, 1.807) is 0 Å². The Hall–Kier alpha value is -2.42. The number of carboxylic acid groups (broad SMARTS) is 1. The van der Waals surface area contributed by atoms with Crippen molar-refractivity contribution in [3.8, 4) is 0 Å². The topological polar surface area (TPSA) is 54.4 Å². The molecule has 0 radical (unpaired) electrons. The summed E-state index contributed by atoms with van der Waals surface area (Å²) >= 11 is 0. The van der Waals surface area contributed by atoms with Crippen molar-refractivity contribution in [1.29, 1.82) is 0 Å². The van der Waals surface area contributed by atoms with Crippen molar-refractivity contribution < 1.29 is 14.7 Å². The molecule has 0 aliphatic rings. The highest BCUT2D eigenvalue weighted by molar-refractivity contribution is 5.98. The molecule has 3 nitrogen and oxygen atoms in total. The second-order valence-corrected chi connectivity index (χ2v) is 5.03. The first-order valence-corrected chi connectivity index (χ1v) is 7.00. The van der Waals surface area contributed by atoms with Crippen LogP contribution in [0.3, 0.4) is 0 Å². The van der Waals surface area contributed by atoms with Crippen LogP contribution in [-0.4, -0.2) is 16.9 Å². The van der Waals surface area contributed by atoms with E-state index in [0.29, 0.717) is 6.42 Å². The molecule has 3 heteroatoms. The predicted octanol–water partition coefficient (Wildman–Crippen LogP) is 3.13. The Morgan fingerprint density at radius 3 is 1.90 bits per heavy atom. The monoisotopic (exact) mass is 282 g/mol. The second kappa shape index (κ2) is 7.39. The minimum atomic E-state index is -1.04. The maximum atomic E-state index is 12.2. The third kappa shape index (κ3) is 4.56. The summed E-state index contributed by atoms with van der Waals surface area (Å²) in [5.41, 5.74) is 1.92. The fourth-order valence-corrected chi connectivity index (χ4v) is 2.28. The van der Waals surface area contributed by atoms with Crippen molar-refractivity contribution in [1.82, 2.24) is 0 Å². The quantitative estimate of drug-likeness (QED) is 0.794. The fraction of sp³-hybridized carbons (Fsp3) is 0.222. The lowest BCUT2D eigenvalue weighted by Gasteiger charge is -2.11. The molecule has 0 amide bonds. The average Bonchev–Trinajstić information content (AvgIpc) is 2.52. The SMILES string of the molecule is O=C(O)C(Cc1ccccc1)C(=O)CCc1ccccc1. The summed E-state index contributed by atoms with van der Waals surface area (Å²) < 4.78 is 0. The van der Waals surface area contributed by atoms with Crippen molar-refractivity contribution in [3.63, 3.8) is 0 Å². The molecule has 108 valence electrons. The molecule has 2 rings (SSSR count). The maximum Gasteiger partial charge on any atom is 0.314 e. The first-order valence-electron chi connectivity index (χ1n) is 7.00. The largest absolute Gasteiger partial charge is 0.481 e. The number of hydrogen-bond donors (Lipinski definition) is 1. The molecular formula is C18H18O3. The summed E-state index contributed by atoms with van der Waals surface area (Å²) in [7, 11) is 0. The lowest BCUT2D eigenvalue weighted by Crippen LogP contribution is -2.26. The number of carbonyl (C=O) groups is 2. The van der Waals surface area contributed by atoms with Gasteiger partial charge in [0.15, 0.2) is 0 Å². The Bertz CT molecular complexity index is 590. The number of carbonyl (C=O) groups excluding carboxylic acids is 1. The van der Waals surface area contributed by atoms with E-state index >= 15 is 0 Å². The van der Waals surface area contributed by atoms with Gasteiger partial charge in [0.2, 0.25) is 0 Å². The zero-order valence-electron chi connectivity index (χ0n) is 11.7. The summed E-state index contributed by atoms with van der Waals surface area (Å²) in [6.45, 7) is 0. The van der Waals surface area contributed by atoms with E-state index < -0.39 is 11.9 Å². The predicted molar refractivity (Wildman–Crippen MR) is 81.0 cm³/mol. The maximum absolute atomic E-state index is 12.2.